The van der Waals surface area contributed by atoms with Gasteiger partial charge in [0.1, 0.15) is 0 Å². The molecule has 0 heterocycles. The molecule has 1 atom stereocenters. The van der Waals surface area contributed by atoms with Gasteiger partial charge in [-0.1, -0.05) is 44.2 Å². The molecule has 0 aliphatic carbocycles. The van der Waals surface area contributed by atoms with Crippen LogP contribution in [-0.2, 0) is 14.4 Å². The predicted octanol–water partition coefficient (Wildman–Crippen LogP) is 0.919. The first-order chi connectivity index (χ1) is 12.4. The number of hydrogen-bond donors (Lipinski definition) is 3. The minimum atomic E-state index is -0.653. The van der Waals surface area contributed by atoms with Gasteiger partial charge in [0.15, 0.2) is 0 Å². The lowest BCUT2D eigenvalue weighted by molar-refractivity contribution is -0.137. The zero-order valence-electron chi connectivity index (χ0n) is 16.4. The zero-order chi connectivity index (χ0) is 21.0. The predicted molar refractivity (Wildman–Crippen MR) is 106 cm³/mol. The summed E-state index contributed by atoms with van der Waals surface area (Å²) in [6.45, 7) is 5.95. The molecule has 7 heteroatoms. The minimum absolute atomic E-state index is 0.101. The van der Waals surface area contributed by atoms with Crippen molar-refractivity contribution in [3.63, 3.8) is 0 Å². The lowest BCUT2D eigenvalue weighted by Crippen LogP contribution is -2.41. The number of terminal acetylenes is 1. The Morgan fingerprint density at radius 2 is 1.65 bits per heavy atom. The van der Waals surface area contributed by atoms with Gasteiger partial charge in [-0.25, -0.2) is 0 Å². The van der Waals surface area contributed by atoms with Crippen LogP contribution >= 0.6 is 0 Å². The Labute approximate surface area is 157 Å². The van der Waals surface area contributed by atoms with Crippen molar-refractivity contribution < 1.29 is 14.4 Å². The van der Waals surface area contributed by atoms with Gasteiger partial charge < -0.3 is 16.0 Å². The summed E-state index contributed by atoms with van der Waals surface area (Å²) < 4.78 is 0. The summed E-state index contributed by atoms with van der Waals surface area (Å²) in [5.74, 6) is -1.26. The molecule has 1 aromatic rings. The van der Waals surface area contributed by atoms with Crippen molar-refractivity contribution in [2.45, 2.75) is 26.8 Å². The van der Waals surface area contributed by atoms with Crippen LogP contribution in [0.25, 0.3) is 0 Å². The Hall–Kier alpha value is -2.69. The number of Topliss-reactive ketones (excluding diaryl/α,β-unsaturated/α-hetero) is 1. The first kappa shape index (κ1) is 28.1. The van der Waals surface area contributed by atoms with Gasteiger partial charge in [0.05, 0.1) is 13.2 Å². The number of amides is 2. The molecule has 0 radical (unpaired) electrons. The molecule has 0 aliphatic rings. The fraction of sp³-hybridized carbons (Fsp3) is 0.421. The molecular weight excluding hydrogens is 332 g/mol. The van der Waals surface area contributed by atoms with E-state index in [0.717, 1.165) is 12.0 Å². The zero-order valence-corrected chi connectivity index (χ0v) is 16.4. The highest BCUT2D eigenvalue weighted by molar-refractivity contribution is 6.36. The molecule has 7 nitrogen and oxygen atoms in total. The third-order valence-electron chi connectivity index (χ3n) is 2.61. The van der Waals surface area contributed by atoms with E-state index in [4.69, 9.17) is 5.73 Å². The molecule has 1 rings (SSSR count). The monoisotopic (exact) mass is 364 g/mol. The van der Waals surface area contributed by atoms with Crippen molar-refractivity contribution in [1.82, 2.24) is 15.5 Å². The number of nitrogens with zero attached hydrogens (tertiary/aromatic N) is 1. The maximum atomic E-state index is 11.1. The summed E-state index contributed by atoms with van der Waals surface area (Å²) in [6.07, 6.45) is 8.75. The summed E-state index contributed by atoms with van der Waals surface area (Å²) in [5, 5.41) is 5.54. The fourth-order valence-electron chi connectivity index (χ4n) is 1.34. The van der Waals surface area contributed by atoms with Crippen LogP contribution in [0.1, 0.15) is 32.4 Å². The van der Waals surface area contributed by atoms with Crippen LogP contribution in [-0.4, -0.2) is 50.3 Å². The lowest BCUT2D eigenvalue weighted by Gasteiger charge is -2.14. The Morgan fingerprint density at radius 1 is 1.19 bits per heavy atom. The van der Waals surface area contributed by atoms with Gasteiger partial charge >= 0.3 is 0 Å². The summed E-state index contributed by atoms with van der Waals surface area (Å²) in [6, 6.07) is 9.92. The van der Waals surface area contributed by atoms with E-state index in [1.807, 2.05) is 51.1 Å². The van der Waals surface area contributed by atoms with E-state index in [-0.39, 0.29) is 19.3 Å². The van der Waals surface area contributed by atoms with Crippen LogP contribution in [0.4, 0.5) is 0 Å². The Balaban J connectivity index is -0.000000497. The largest absolute Gasteiger partial charge is 0.351 e. The van der Waals surface area contributed by atoms with Crippen LogP contribution in [0, 0.1) is 12.8 Å². The number of hydrogen-bond acceptors (Lipinski definition) is 5. The Kier molecular flexibility index (Phi) is 22.0. The second kappa shape index (κ2) is 20.4. The molecule has 0 unspecified atom stereocenters. The van der Waals surface area contributed by atoms with Gasteiger partial charge in [0, 0.05) is 20.1 Å². The molecule has 0 saturated heterocycles. The van der Waals surface area contributed by atoms with Crippen molar-refractivity contribution >= 4 is 18.1 Å². The van der Waals surface area contributed by atoms with Gasteiger partial charge in [-0.15, -0.1) is 12.8 Å². The molecular formula is C19H32N4O3. The number of ketones is 1. The van der Waals surface area contributed by atoms with Crippen molar-refractivity contribution in [2.24, 2.45) is 5.73 Å². The molecule has 0 fully saturated rings. The van der Waals surface area contributed by atoms with Gasteiger partial charge in [-0.05, 0) is 12.5 Å². The van der Waals surface area contributed by atoms with E-state index in [2.05, 4.69) is 23.5 Å². The maximum Gasteiger partial charge on any atom is 0.289 e. The van der Waals surface area contributed by atoms with E-state index < -0.39 is 11.7 Å². The molecule has 0 aliphatic heterocycles. The van der Waals surface area contributed by atoms with E-state index in [0.29, 0.717) is 0 Å². The first-order valence-corrected chi connectivity index (χ1v) is 8.16. The lowest BCUT2D eigenvalue weighted by atomic mass is 10.1. The standard InChI is InChI=1S/C12H17N3O2.C3H7NO.C2H6.C2H2/c1-9(10-5-3-2-4-6-10)14-8-15-12(17)11(16)7-13;1-4(2)3-5;2*1-2/h2-6,9,14H,7-8,13H2,1H3,(H,15,17);3H,1-2H3;1-2H3;1-2H/t9-;;;/m1.../s1. The van der Waals surface area contributed by atoms with Crippen molar-refractivity contribution in [3.8, 4) is 12.8 Å². The van der Waals surface area contributed by atoms with Gasteiger partial charge in [0.25, 0.3) is 5.91 Å². The van der Waals surface area contributed by atoms with E-state index in [9.17, 15) is 14.4 Å². The van der Waals surface area contributed by atoms with Crippen molar-refractivity contribution in [2.75, 3.05) is 27.3 Å². The SMILES string of the molecule is C#C.CC.CN(C)C=O.C[C@@H](NCNC(=O)C(=O)CN)c1ccccc1. The summed E-state index contributed by atoms with van der Waals surface area (Å²) in [7, 11) is 3.38. The average molecular weight is 364 g/mol. The summed E-state index contributed by atoms with van der Waals surface area (Å²) in [5.41, 5.74) is 6.18. The van der Waals surface area contributed by atoms with Crippen LogP contribution in [0.3, 0.4) is 0 Å². The summed E-state index contributed by atoms with van der Waals surface area (Å²) in [4.78, 5) is 32.9. The third kappa shape index (κ3) is 16.2. The number of benzene rings is 1. The maximum absolute atomic E-state index is 11.1. The second-order valence-corrected chi connectivity index (χ2v) is 4.72. The average Bonchev–Trinajstić information content (AvgIpc) is 2.71. The smallest absolute Gasteiger partial charge is 0.289 e. The molecule has 1 aromatic carbocycles. The van der Waals surface area contributed by atoms with E-state index >= 15 is 0 Å². The molecule has 26 heavy (non-hydrogen) atoms. The number of carbonyl (C=O) groups is 3. The minimum Gasteiger partial charge on any atom is -0.351 e. The highest BCUT2D eigenvalue weighted by Gasteiger charge is 2.10. The Bertz CT molecular complexity index is 502. The highest BCUT2D eigenvalue weighted by Crippen LogP contribution is 2.09. The van der Waals surface area contributed by atoms with Crippen molar-refractivity contribution in [3.05, 3.63) is 35.9 Å². The molecule has 146 valence electrons. The second-order valence-electron chi connectivity index (χ2n) is 4.72. The third-order valence-corrected chi connectivity index (χ3v) is 2.61. The van der Waals surface area contributed by atoms with Crippen molar-refractivity contribution in [1.29, 1.82) is 0 Å². The number of carbonyl (C=O) groups excluding carboxylic acids is 3. The molecule has 2 amide bonds. The van der Waals surface area contributed by atoms with E-state index in [1.54, 1.807) is 14.1 Å². The van der Waals surface area contributed by atoms with Gasteiger partial charge in [-0.3, -0.25) is 19.7 Å². The van der Waals surface area contributed by atoms with Crippen LogP contribution in [0.5, 0.6) is 0 Å². The summed E-state index contributed by atoms with van der Waals surface area (Å²) >= 11 is 0. The first-order valence-electron chi connectivity index (χ1n) is 8.16. The molecule has 0 spiro atoms. The number of rotatable bonds is 7. The Morgan fingerprint density at radius 3 is 2.04 bits per heavy atom. The molecule has 0 aromatic heterocycles. The van der Waals surface area contributed by atoms with Crippen LogP contribution in [0.2, 0.25) is 0 Å². The number of nitrogens with one attached hydrogen (secondary N) is 2. The molecule has 0 bridgehead atoms. The topological polar surface area (TPSA) is 105 Å². The van der Waals surface area contributed by atoms with Gasteiger partial charge in [0.2, 0.25) is 12.2 Å². The quantitative estimate of drug-likeness (QED) is 0.289. The molecule has 0 saturated carbocycles. The van der Waals surface area contributed by atoms with E-state index in [1.165, 1.54) is 4.90 Å². The fourth-order valence-corrected chi connectivity index (χ4v) is 1.34. The van der Waals surface area contributed by atoms with Crippen LogP contribution < -0.4 is 16.4 Å². The highest BCUT2D eigenvalue weighted by atomic mass is 16.2. The normalized spacial score (nSPS) is 9.38. The molecule has 4 N–H and O–H groups in total. The number of nitrogens with two attached hydrogens (primary N) is 1. The van der Waals surface area contributed by atoms with Gasteiger partial charge in [-0.2, -0.15) is 0 Å². The van der Waals surface area contributed by atoms with Crippen LogP contribution in [0.15, 0.2) is 30.3 Å².